The van der Waals surface area contributed by atoms with Gasteiger partial charge in [-0.05, 0) is 58.9 Å². The zero-order valence-electron chi connectivity index (χ0n) is 15.2. The van der Waals surface area contributed by atoms with Crippen molar-refractivity contribution in [1.29, 1.82) is 0 Å². The van der Waals surface area contributed by atoms with Crippen molar-refractivity contribution in [2.75, 3.05) is 25.0 Å². The lowest BCUT2D eigenvalue weighted by molar-refractivity contribution is -0.118. The maximum absolute atomic E-state index is 12.9. The van der Waals surface area contributed by atoms with Crippen LogP contribution in [0.25, 0.3) is 0 Å². The quantitative estimate of drug-likeness (QED) is 0.764. The van der Waals surface area contributed by atoms with Gasteiger partial charge >= 0.3 is 0 Å². The zero-order chi connectivity index (χ0) is 18.3. The molecule has 0 aliphatic rings. The van der Waals surface area contributed by atoms with Crippen molar-refractivity contribution in [2.24, 2.45) is 0 Å². The minimum atomic E-state index is -0.676. The van der Waals surface area contributed by atoms with Crippen molar-refractivity contribution in [3.05, 3.63) is 30.1 Å². The van der Waals surface area contributed by atoms with E-state index in [0.29, 0.717) is 12.2 Å². The third-order valence-corrected chi connectivity index (χ3v) is 3.36. The summed E-state index contributed by atoms with van der Waals surface area (Å²) in [6, 6.07) is 5.71. The van der Waals surface area contributed by atoms with Crippen LogP contribution in [0.2, 0.25) is 0 Å². The summed E-state index contributed by atoms with van der Waals surface area (Å²) in [5, 5.41) is 12.8. The predicted octanol–water partition coefficient (Wildman–Crippen LogP) is 2.65. The van der Waals surface area contributed by atoms with Crippen LogP contribution in [-0.2, 0) is 9.53 Å². The van der Waals surface area contributed by atoms with Crippen molar-refractivity contribution in [3.8, 4) is 0 Å². The summed E-state index contributed by atoms with van der Waals surface area (Å²) in [4.78, 5) is 14.0. The molecule has 0 fully saturated rings. The first-order valence-corrected chi connectivity index (χ1v) is 8.18. The van der Waals surface area contributed by atoms with Gasteiger partial charge in [-0.25, -0.2) is 4.39 Å². The Bertz CT molecular complexity index is 512. The molecule has 1 unspecified atom stereocenters. The number of nitrogens with zero attached hydrogens (tertiary/aromatic N) is 1. The number of halogens is 1. The monoisotopic (exact) mass is 340 g/mol. The van der Waals surface area contributed by atoms with Gasteiger partial charge in [0.15, 0.2) is 0 Å². The Labute approximate surface area is 143 Å². The predicted molar refractivity (Wildman–Crippen MR) is 93.5 cm³/mol. The lowest BCUT2D eigenvalue weighted by Gasteiger charge is -2.29. The van der Waals surface area contributed by atoms with Gasteiger partial charge in [0.2, 0.25) is 5.91 Å². The van der Waals surface area contributed by atoms with Gasteiger partial charge in [0.25, 0.3) is 0 Å². The Hall–Kier alpha value is -1.50. The zero-order valence-corrected chi connectivity index (χ0v) is 15.2. The van der Waals surface area contributed by atoms with Crippen molar-refractivity contribution < 1.29 is 19.0 Å². The Kier molecular flexibility index (Phi) is 7.79. The van der Waals surface area contributed by atoms with E-state index in [1.807, 2.05) is 39.5 Å². The first-order chi connectivity index (χ1) is 11.1. The van der Waals surface area contributed by atoms with Crippen LogP contribution in [0.15, 0.2) is 24.3 Å². The maximum atomic E-state index is 12.9. The molecule has 136 valence electrons. The molecule has 0 bridgehead atoms. The topological polar surface area (TPSA) is 61.8 Å². The van der Waals surface area contributed by atoms with E-state index in [9.17, 15) is 14.3 Å². The van der Waals surface area contributed by atoms with E-state index in [1.165, 1.54) is 24.3 Å². The molecule has 1 amide bonds. The van der Waals surface area contributed by atoms with Gasteiger partial charge in [0.1, 0.15) is 5.82 Å². The van der Waals surface area contributed by atoms with Crippen LogP contribution >= 0.6 is 0 Å². The highest BCUT2D eigenvalue weighted by atomic mass is 19.1. The number of carbonyl (C=O) groups excluding carboxylic acids is 1. The Morgan fingerprint density at radius 2 is 1.88 bits per heavy atom. The number of benzene rings is 1. The van der Waals surface area contributed by atoms with Gasteiger partial charge in [0, 0.05) is 18.3 Å². The summed E-state index contributed by atoms with van der Waals surface area (Å²) < 4.78 is 18.5. The number of rotatable bonds is 8. The largest absolute Gasteiger partial charge is 0.389 e. The molecule has 2 N–H and O–H groups in total. The second-order valence-electron chi connectivity index (χ2n) is 7.16. The molecule has 0 saturated carbocycles. The van der Waals surface area contributed by atoms with Crippen LogP contribution < -0.4 is 5.32 Å². The molecular formula is C18H29FN2O3. The summed E-state index contributed by atoms with van der Waals surface area (Å²) in [7, 11) is 0. The number of hydrogen-bond donors (Lipinski definition) is 2. The molecule has 0 heterocycles. The summed E-state index contributed by atoms with van der Waals surface area (Å²) >= 11 is 0. The summed E-state index contributed by atoms with van der Waals surface area (Å²) in [5.41, 5.74) is 0.227. The SMILES string of the molecule is CC(C)N(CC(=O)Nc1ccc(F)cc1)CC(O)COC(C)(C)C. The first-order valence-electron chi connectivity index (χ1n) is 8.18. The normalized spacial score (nSPS) is 13.4. The van der Waals surface area contributed by atoms with Crippen molar-refractivity contribution >= 4 is 11.6 Å². The van der Waals surface area contributed by atoms with Crippen LogP contribution in [0, 0.1) is 5.82 Å². The van der Waals surface area contributed by atoms with Crippen molar-refractivity contribution in [3.63, 3.8) is 0 Å². The molecule has 5 nitrogen and oxygen atoms in total. The summed E-state index contributed by atoms with van der Waals surface area (Å²) in [5.74, 6) is -0.557. The molecule has 0 aromatic heterocycles. The van der Waals surface area contributed by atoms with E-state index in [2.05, 4.69) is 5.32 Å². The second kappa shape index (κ2) is 9.11. The fraction of sp³-hybridized carbons (Fsp3) is 0.611. The number of aliphatic hydroxyl groups excluding tert-OH is 1. The smallest absolute Gasteiger partial charge is 0.238 e. The van der Waals surface area contributed by atoms with Gasteiger partial charge in [-0.15, -0.1) is 0 Å². The highest BCUT2D eigenvalue weighted by Gasteiger charge is 2.20. The Balaban J connectivity index is 2.52. The first kappa shape index (κ1) is 20.5. The number of ether oxygens (including phenoxy) is 1. The molecule has 1 aromatic carbocycles. The fourth-order valence-electron chi connectivity index (χ4n) is 2.05. The van der Waals surface area contributed by atoms with Gasteiger partial charge in [-0.3, -0.25) is 9.69 Å². The average Bonchev–Trinajstić information content (AvgIpc) is 2.46. The minimum Gasteiger partial charge on any atom is -0.389 e. The Morgan fingerprint density at radius 1 is 1.29 bits per heavy atom. The second-order valence-corrected chi connectivity index (χ2v) is 7.16. The third kappa shape index (κ3) is 8.38. The number of hydrogen-bond acceptors (Lipinski definition) is 4. The molecule has 0 saturated heterocycles. The van der Waals surface area contributed by atoms with Crippen LogP contribution in [0.5, 0.6) is 0 Å². The van der Waals surface area contributed by atoms with E-state index in [-0.39, 0.29) is 36.5 Å². The maximum Gasteiger partial charge on any atom is 0.238 e. The van der Waals surface area contributed by atoms with Gasteiger partial charge in [-0.2, -0.15) is 0 Å². The van der Waals surface area contributed by atoms with E-state index in [0.717, 1.165) is 0 Å². The van der Waals surface area contributed by atoms with E-state index in [4.69, 9.17) is 4.74 Å². The van der Waals surface area contributed by atoms with Crippen molar-refractivity contribution in [2.45, 2.75) is 52.4 Å². The lowest BCUT2D eigenvalue weighted by Crippen LogP contribution is -2.44. The van der Waals surface area contributed by atoms with Crippen LogP contribution in [-0.4, -0.2) is 53.4 Å². The molecule has 1 aromatic rings. The van der Waals surface area contributed by atoms with Gasteiger partial charge in [0.05, 0.1) is 24.9 Å². The number of amides is 1. The number of nitrogens with one attached hydrogen (secondary N) is 1. The average molecular weight is 340 g/mol. The summed E-state index contributed by atoms with van der Waals surface area (Å²) in [6.45, 7) is 10.4. The number of carbonyl (C=O) groups is 1. The molecule has 6 heteroatoms. The van der Waals surface area contributed by atoms with E-state index in [1.54, 1.807) is 0 Å². The molecule has 1 rings (SSSR count). The highest BCUT2D eigenvalue weighted by molar-refractivity contribution is 5.92. The Morgan fingerprint density at radius 3 is 2.38 bits per heavy atom. The third-order valence-electron chi connectivity index (χ3n) is 3.36. The molecule has 0 aliphatic carbocycles. The minimum absolute atomic E-state index is 0.0910. The lowest BCUT2D eigenvalue weighted by atomic mass is 10.2. The number of aliphatic hydroxyl groups is 1. The standard InChI is InChI=1S/C18H29FN2O3/c1-13(2)21(10-16(22)12-24-18(3,4)5)11-17(23)20-15-8-6-14(19)7-9-15/h6-9,13,16,22H,10-12H2,1-5H3,(H,20,23). The van der Waals surface area contributed by atoms with Gasteiger partial charge < -0.3 is 15.2 Å². The highest BCUT2D eigenvalue weighted by Crippen LogP contribution is 2.10. The molecule has 24 heavy (non-hydrogen) atoms. The number of anilines is 1. The van der Waals surface area contributed by atoms with E-state index < -0.39 is 6.10 Å². The molecule has 1 atom stereocenters. The molecule has 0 aliphatic heterocycles. The van der Waals surface area contributed by atoms with Crippen LogP contribution in [0.1, 0.15) is 34.6 Å². The van der Waals surface area contributed by atoms with Gasteiger partial charge in [-0.1, -0.05) is 0 Å². The summed E-state index contributed by atoms with van der Waals surface area (Å²) in [6.07, 6.45) is -0.676. The van der Waals surface area contributed by atoms with Crippen LogP contribution in [0.3, 0.4) is 0 Å². The van der Waals surface area contributed by atoms with Crippen molar-refractivity contribution in [1.82, 2.24) is 4.90 Å². The fourth-order valence-corrected chi connectivity index (χ4v) is 2.05. The molecule has 0 radical (unpaired) electrons. The van der Waals surface area contributed by atoms with Crippen LogP contribution in [0.4, 0.5) is 10.1 Å². The molecular weight excluding hydrogens is 311 g/mol. The van der Waals surface area contributed by atoms with E-state index >= 15 is 0 Å². The molecule has 0 spiro atoms.